The van der Waals surface area contributed by atoms with E-state index < -0.39 is 0 Å². The van der Waals surface area contributed by atoms with Crippen LogP contribution in [0.1, 0.15) is 27.6 Å². The minimum Gasteiger partial charge on any atom is -0.493 e. The quantitative estimate of drug-likeness (QED) is 0.656. The van der Waals surface area contributed by atoms with Gasteiger partial charge >= 0.3 is 0 Å². The van der Waals surface area contributed by atoms with Gasteiger partial charge in [-0.3, -0.25) is 0 Å². The van der Waals surface area contributed by atoms with E-state index in [1.54, 1.807) is 0 Å². The molecule has 0 spiro atoms. The molecule has 20 heavy (non-hydrogen) atoms. The third-order valence-electron chi connectivity index (χ3n) is 3.52. The van der Waals surface area contributed by atoms with E-state index in [4.69, 9.17) is 39.5 Å². The molecule has 2 aromatic carbocycles. The summed E-state index contributed by atoms with van der Waals surface area (Å²) in [7, 11) is 0. The third kappa shape index (κ3) is 2.50. The summed E-state index contributed by atoms with van der Waals surface area (Å²) < 4.78 is 5.71. The van der Waals surface area contributed by atoms with E-state index >= 15 is 0 Å². The smallest absolute Gasteiger partial charge is 0.127 e. The topological polar surface area (TPSA) is 9.23 Å². The van der Waals surface area contributed by atoms with E-state index in [-0.39, 0.29) is 5.38 Å². The Balaban J connectivity index is 2.06. The normalized spacial score (nSPS) is 14.8. The van der Waals surface area contributed by atoms with Gasteiger partial charge in [0.25, 0.3) is 0 Å². The summed E-state index contributed by atoms with van der Waals surface area (Å²) in [4.78, 5) is 0. The molecule has 1 atom stereocenters. The number of hydrogen-bond donors (Lipinski definition) is 0. The van der Waals surface area contributed by atoms with Crippen LogP contribution in [0.4, 0.5) is 0 Å². The van der Waals surface area contributed by atoms with Gasteiger partial charge in [-0.05, 0) is 41.8 Å². The Morgan fingerprint density at radius 3 is 2.70 bits per heavy atom. The van der Waals surface area contributed by atoms with Crippen LogP contribution in [0.2, 0.25) is 10.0 Å². The van der Waals surface area contributed by atoms with Crippen molar-refractivity contribution in [2.75, 3.05) is 6.61 Å². The van der Waals surface area contributed by atoms with E-state index in [0.717, 1.165) is 39.4 Å². The van der Waals surface area contributed by atoms with Gasteiger partial charge in [0.2, 0.25) is 0 Å². The fourth-order valence-corrected chi connectivity index (χ4v) is 3.16. The number of hydrogen-bond acceptors (Lipinski definition) is 1. The number of halogens is 3. The van der Waals surface area contributed by atoms with E-state index in [2.05, 4.69) is 0 Å². The predicted octanol–water partition coefficient (Wildman–Crippen LogP) is 5.56. The summed E-state index contributed by atoms with van der Waals surface area (Å²) in [6.07, 6.45) is 0.881. The van der Waals surface area contributed by atoms with Gasteiger partial charge in [0.1, 0.15) is 5.75 Å². The molecule has 3 rings (SSSR count). The molecule has 0 saturated carbocycles. The second-order valence-electron chi connectivity index (χ2n) is 4.95. The summed E-state index contributed by atoms with van der Waals surface area (Å²) >= 11 is 18.9. The summed E-state index contributed by atoms with van der Waals surface area (Å²) in [5, 5.41) is 1.14. The van der Waals surface area contributed by atoms with Crippen LogP contribution in [0.3, 0.4) is 0 Å². The minimum atomic E-state index is -0.295. The van der Waals surface area contributed by atoms with Crippen LogP contribution in [-0.2, 0) is 6.42 Å². The summed E-state index contributed by atoms with van der Waals surface area (Å²) in [6, 6.07) is 9.64. The molecule has 0 aromatic heterocycles. The molecule has 1 aliphatic heterocycles. The zero-order valence-corrected chi connectivity index (χ0v) is 13.2. The molecule has 0 N–H and O–H groups in total. The second kappa shape index (κ2) is 5.48. The van der Waals surface area contributed by atoms with Crippen molar-refractivity contribution in [2.24, 2.45) is 0 Å². The first-order valence-corrected chi connectivity index (χ1v) is 7.60. The minimum absolute atomic E-state index is 0.295. The number of ether oxygens (including phenoxy) is 1. The van der Waals surface area contributed by atoms with Crippen molar-refractivity contribution < 1.29 is 4.74 Å². The molecule has 0 fully saturated rings. The lowest BCUT2D eigenvalue weighted by Gasteiger charge is -2.15. The number of alkyl halides is 1. The number of benzene rings is 2. The molecule has 0 radical (unpaired) electrons. The lowest BCUT2D eigenvalue weighted by atomic mass is 9.99. The van der Waals surface area contributed by atoms with Crippen molar-refractivity contribution in [1.29, 1.82) is 0 Å². The second-order valence-corrected chi connectivity index (χ2v) is 6.23. The van der Waals surface area contributed by atoms with E-state index in [1.807, 2.05) is 37.3 Å². The molecule has 1 nitrogen and oxygen atoms in total. The van der Waals surface area contributed by atoms with Crippen molar-refractivity contribution in [3.8, 4) is 5.75 Å². The van der Waals surface area contributed by atoms with Gasteiger partial charge in [-0.15, -0.1) is 11.6 Å². The van der Waals surface area contributed by atoms with Crippen molar-refractivity contribution in [2.45, 2.75) is 18.7 Å². The molecular weight excluding hydrogens is 315 g/mol. The van der Waals surface area contributed by atoms with Crippen LogP contribution in [0.15, 0.2) is 30.3 Å². The average molecular weight is 328 g/mol. The van der Waals surface area contributed by atoms with E-state index in [0.29, 0.717) is 11.6 Å². The molecule has 0 bridgehead atoms. The third-order valence-corrected chi connectivity index (χ3v) is 4.65. The molecule has 4 heteroatoms. The highest BCUT2D eigenvalue weighted by Crippen LogP contribution is 2.41. The number of rotatable bonds is 2. The Kier molecular flexibility index (Phi) is 3.85. The lowest BCUT2D eigenvalue weighted by Crippen LogP contribution is -1.98. The standard InChI is InChI=1S/C16H13Cl3O/c1-9-6-10(2-3-14(9)18)15(19)13-8-12(17)7-11-4-5-20-16(11)13/h2-3,6-8,15H,4-5H2,1H3. The SMILES string of the molecule is Cc1cc(C(Cl)c2cc(Cl)cc3c2OCC3)ccc1Cl. The predicted molar refractivity (Wildman–Crippen MR) is 84.5 cm³/mol. The van der Waals surface area contributed by atoms with Gasteiger partial charge < -0.3 is 4.74 Å². The van der Waals surface area contributed by atoms with Crippen LogP contribution in [-0.4, -0.2) is 6.61 Å². The Labute approximate surface area is 133 Å². The summed E-state index contributed by atoms with van der Waals surface area (Å²) in [5.74, 6) is 0.877. The highest BCUT2D eigenvalue weighted by atomic mass is 35.5. The van der Waals surface area contributed by atoms with Crippen LogP contribution >= 0.6 is 34.8 Å². The van der Waals surface area contributed by atoms with Crippen molar-refractivity contribution in [3.05, 3.63) is 62.6 Å². The summed E-state index contributed by atoms with van der Waals surface area (Å²) in [5.41, 5.74) is 4.06. The zero-order chi connectivity index (χ0) is 14.3. The first kappa shape index (κ1) is 14.1. The summed E-state index contributed by atoms with van der Waals surface area (Å²) in [6.45, 7) is 2.65. The van der Waals surface area contributed by atoms with E-state index in [9.17, 15) is 0 Å². The molecule has 2 aromatic rings. The van der Waals surface area contributed by atoms with Gasteiger partial charge in [0, 0.05) is 22.0 Å². The highest BCUT2D eigenvalue weighted by molar-refractivity contribution is 6.31. The lowest BCUT2D eigenvalue weighted by molar-refractivity contribution is 0.353. The average Bonchev–Trinajstić information content (AvgIpc) is 2.88. The Bertz CT molecular complexity index is 667. The van der Waals surface area contributed by atoms with E-state index in [1.165, 1.54) is 0 Å². The van der Waals surface area contributed by atoms with Gasteiger partial charge in [-0.1, -0.05) is 35.3 Å². The molecule has 0 amide bonds. The van der Waals surface area contributed by atoms with Crippen LogP contribution in [0, 0.1) is 6.92 Å². The molecular formula is C16H13Cl3O. The maximum absolute atomic E-state index is 6.63. The Hall–Kier alpha value is -0.890. The fourth-order valence-electron chi connectivity index (χ4n) is 2.49. The monoisotopic (exact) mass is 326 g/mol. The largest absolute Gasteiger partial charge is 0.493 e. The van der Waals surface area contributed by atoms with Crippen molar-refractivity contribution in [1.82, 2.24) is 0 Å². The Morgan fingerprint density at radius 1 is 1.15 bits per heavy atom. The molecule has 1 heterocycles. The van der Waals surface area contributed by atoms with Gasteiger partial charge in [-0.25, -0.2) is 0 Å². The van der Waals surface area contributed by atoms with Crippen molar-refractivity contribution in [3.63, 3.8) is 0 Å². The van der Waals surface area contributed by atoms with Crippen LogP contribution in [0.25, 0.3) is 0 Å². The molecule has 1 unspecified atom stereocenters. The first-order valence-electron chi connectivity index (χ1n) is 6.41. The Morgan fingerprint density at radius 2 is 1.95 bits per heavy atom. The first-order chi connectivity index (χ1) is 9.56. The number of fused-ring (bicyclic) bond motifs is 1. The fraction of sp³-hybridized carbons (Fsp3) is 0.250. The molecule has 0 aliphatic carbocycles. The van der Waals surface area contributed by atoms with Gasteiger partial charge in [0.15, 0.2) is 0 Å². The maximum atomic E-state index is 6.63. The molecule has 104 valence electrons. The maximum Gasteiger partial charge on any atom is 0.127 e. The highest BCUT2D eigenvalue weighted by Gasteiger charge is 2.23. The number of aryl methyl sites for hydroxylation is 1. The zero-order valence-electron chi connectivity index (χ0n) is 10.9. The van der Waals surface area contributed by atoms with Crippen molar-refractivity contribution >= 4 is 34.8 Å². The molecule has 1 aliphatic rings. The molecule has 0 saturated heterocycles. The van der Waals surface area contributed by atoms with Crippen LogP contribution in [0.5, 0.6) is 5.75 Å². The van der Waals surface area contributed by atoms with Gasteiger partial charge in [0.05, 0.1) is 12.0 Å². The van der Waals surface area contributed by atoms with Crippen LogP contribution < -0.4 is 4.74 Å². The van der Waals surface area contributed by atoms with Gasteiger partial charge in [-0.2, -0.15) is 0 Å².